The van der Waals surface area contributed by atoms with Crippen molar-refractivity contribution in [1.29, 1.82) is 0 Å². The summed E-state index contributed by atoms with van der Waals surface area (Å²) < 4.78 is 15.1. The maximum Gasteiger partial charge on any atom is 0.147 e. The number of hydrogen-bond acceptors (Lipinski definition) is 3. The topological polar surface area (TPSA) is 15.3 Å². The molecule has 1 aliphatic rings. The van der Waals surface area contributed by atoms with Crippen molar-refractivity contribution in [2.75, 3.05) is 31.6 Å². The zero-order valence-electron chi connectivity index (χ0n) is 11.6. The number of halogens is 3. The molecule has 0 amide bonds. The first-order chi connectivity index (χ1) is 9.56. The first-order valence-electron chi connectivity index (χ1n) is 6.71. The van der Waals surface area contributed by atoms with Crippen LogP contribution in [0.2, 0.25) is 5.02 Å². The predicted molar refractivity (Wildman–Crippen MR) is 89.3 cm³/mol. The molecule has 0 spiro atoms. The minimum absolute atomic E-state index is 0.0385. The van der Waals surface area contributed by atoms with E-state index in [4.69, 9.17) is 11.6 Å². The lowest BCUT2D eigenvalue weighted by Gasteiger charge is -2.38. The molecule has 0 radical (unpaired) electrons. The Bertz CT molecular complexity index is 475. The largest absolute Gasteiger partial charge is 0.309 e. The fourth-order valence-corrected chi connectivity index (χ4v) is 4.26. The standard InChI is InChI=1S/C14H19BrClFN2S/c1-3-18-14(11-8-20-7-6-19(11)2)9-4-5-10(15)12(16)13(9)17/h4-5,11,14,18H,3,6-8H2,1-2H3. The molecule has 1 aromatic carbocycles. The molecular weight excluding hydrogens is 363 g/mol. The third-order valence-corrected chi connectivity index (χ3v) is 5.96. The van der Waals surface area contributed by atoms with E-state index in [1.165, 1.54) is 0 Å². The van der Waals surface area contributed by atoms with Crippen LogP contribution in [0.4, 0.5) is 4.39 Å². The van der Waals surface area contributed by atoms with Crippen molar-refractivity contribution in [2.24, 2.45) is 0 Å². The Morgan fingerprint density at radius 3 is 3.00 bits per heavy atom. The fraction of sp³-hybridized carbons (Fsp3) is 0.571. The maximum atomic E-state index is 14.5. The molecule has 1 heterocycles. The van der Waals surface area contributed by atoms with E-state index in [0.717, 1.165) is 24.6 Å². The normalized spacial score (nSPS) is 21.9. The van der Waals surface area contributed by atoms with Gasteiger partial charge in [0.2, 0.25) is 0 Å². The molecule has 0 aliphatic carbocycles. The van der Waals surface area contributed by atoms with Gasteiger partial charge < -0.3 is 5.32 Å². The number of nitrogens with one attached hydrogen (secondary N) is 1. The van der Waals surface area contributed by atoms with Crippen LogP contribution in [0.15, 0.2) is 16.6 Å². The van der Waals surface area contributed by atoms with Gasteiger partial charge in [-0.15, -0.1) is 0 Å². The molecule has 1 aromatic rings. The average Bonchev–Trinajstić information content (AvgIpc) is 2.44. The van der Waals surface area contributed by atoms with Crippen molar-refractivity contribution < 1.29 is 4.39 Å². The second kappa shape index (κ2) is 7.45. The van der Waals surface area contributed by atoms with Gasteiger partial charge in [-0.25, -0.2) is 4.39 Å². The van der Waals surface area contributed by atoms with Gasteiger partial charge in [0.05, 0.1) is 11.1 Å². The summed E-state index contributed by atoms with van der Waals surface area (Å²) in [6.07, 6.45) is 0. The number of benzene rings is 1. The van der Waals surface area contributed by atoms with Gasteiger partial charge in [0.1, 0.15) is 5.82 Å². The Morgan fingerprint density at radius 2 is 2.35 bits per heavy atom. The van der Waals surface area contributed by atoms with Gasteiger partial charge in [-0.1, -0.05) is 24.6 Å². The molecule has 2 unspecified atom stereocenters. The molecule has 0 saturated carbocycles. The van der Waals surface area contributed by atoms with E-state index in [0.29, 0.717) is 10.0 Å². The van der Waals surface area contributed by atoms with Crippen molar-refractivity contribution in [3.05, 3.63) is 33.0 Å². The van der Waals surface area contributed by atoms with Crippen molar-refractivity contribution in [1.82, 2.24) is 10.2 Å². The monoisotopic (exact) mass is 380 g/mol. The molecule has 6 heteroatoms. The second-order valence-corrected chi connectivity index (χ2v) is 7.30. The zero-order valence-corrected chi connectivity index (χ0v) is 14.8. The summed E-state index contributed by atoms with van der Waals surface area (Å²) in [5.74, 6) is 1.81. The van der Waals surface area contributed by atoms with E-state index in [-0.39, 0.29) is 22.9 Å². The van der Waals surface area contributed by atoms with Crippen molar-refractivity contribution in [3.8, 4) is 0 Å². The number of thioether (sulfide) groups is 1. The van der Waals surface area contributed by atoms with Crippen LogP contribution in [0.25, 0.3) is 0 Å². The van der Waals surface area contributed by atoms with Crippen LogP contribution in [-0.2, 0) is 0 Å². The van der Waals surface area contributed by atoms with Crippen LogP contribution in [0.5, 0.6) is 0 Å². The minimum atomic E-state index is -0.323. The van der Waals surface area contributed by atoms with Crippen LogP contribution in [-0.4, -0.2) is 42.6 Å². The van der Waals surface area contributed by atoms with Crippen LogP contribution < -0.4 is 5.32 Å². The third-order valence-electron chi connectivity index (χ3n) is 3.65. The smallest absolute Gasteiger partial charge is 0.147 e. The lowest BCUT2D eigenvalue weighted by atomic mass is 9.98. The molecule has 0 bridgehead atoms. The Hall–Kier alpha value is 0.190. The molecule has 1 N–H and O–H groups in total. The van der Waals surface area contributed by atoms with E-state index in [1.54, 1.807) is 0 Å². The van der Waals surface area contributed by atoms with Gasteiger partial charge in [0.25, 0.3) is 0 Å². The maximum absolute atomic E-state index is 14.5. The molecule has 20 heavy (non-hydrogen) atoms. The molecule has 1 saturated heterocycles. The summed E-state index contributed by atoms with van der Waals surface area (Å²) in [4.78, 5) is 2.30. The van der Waals surface area contributed by atoms with Gasteiger partial charge in [-0.3, -0.25) is 4.90 Å². The highest BCUT2D eigenvalue weighted by atomic mass is 79.9. The second-order valence-electron chi connectivity index (χ2n) is 4.92. The summed E-state index contributed by atoms with van der Waals surface area (Å²) >= 11 is 11.2. The minimum Gasteiger partial charge on any atom is -0.309 e. The number of likely N-dealkylation sites (N-methyl/N-ethyl adjacent to an activating group) is 2. The van der Waals surface area contributed by atoms with Gasteiger partial charge in [0, 0.05) is 34.1 Å². The number of nitrogens with zero attached hydrogens (tertiary/aromatic N) is 1. The quantitative estimate of drug-likeness (QED) is 0.795. The van der Waals surface area contributed by atoms with Crippen LogP contribution in [0, 0.1) is 5.82 Å². The summed E-state index contributed by atoms with van der Waals surface area (Å²) in [6.45, 7) is 3.87. The number of rotatable bonds is 4. The van der Waals surface area contributed by atoms with E-state index < -0.39 is 0 Å². The first kappa shape index (κ1) is 16.6. The third kappa shape index (κ3) is 3.50. The first-order valence-corrected chi connectivity index (χ1v) is 9.03. The Kier molecular flexibility index (Phi) is 6.17. The average molecular weight is 382 g/mol. The Morgan fingerprint density at radius 1 is 1.60 bits per heavy atom. The highest BCUT2D eigenvalue weighted by Gasteiger charge is 2.31. The summed E-state index contributed by atoms with van der Waals surface area (Å²) in [7, 11) is 2.10. The van der Waals surface area contributed by atoms with Gasteiger partial charge in [-0.2, -0.15) is 11.8 Å². The highest BCUT2D eigenvalue weighted by Crippen LogP contribution is 2.34. The predicted octanol–water partition coefficient (Wildman–Crippen LogP) is 3.94. The van der Waals surface area contributed by atoms with Crippen molar-refractivity contribution >= 4 is 39.3 Å². The fourth-order valence-electron chi connectivity index (χ4n) is 2.51. The Labute approximate surface area is 137 Å². The van der Waals surface area contributed by atoms with Gasteiger partial charge in [0.15, 0.2) is 0 Å². The summed E-state index contributed by atoms with van der Waals surface area (Å²) in [5, 5.41) is 3.58. The molecule has 0 aromatic heterocycles. The SMILES string of the molecule is CCNC(c1ccc(Br)c(Cl)c1F)C1CSCCN1C. The molecule has 2 nitrogen and oxygen atoms in total. The molecular formula is C14H19BrClFN2S. The van der Waals surface area contributed by atoms with E-state index in [9.17, 15) is 4.39 Å². The van der Waals surface area contributed by atoms with E-state index in [1.807, 2.05) is 30.8 Å². The molecule has 1 fully saturated rings. The van der Waals surface area contributed by atoms with Crippen molar-refractivity contribution in [2.45, 2.75) is 19.0 Å². The molecule has 2 atom stereocenters. The molecule has 1 aliphatic heterocycles. The molecule has 112 valence electrons. The summed E-state index contributed by atoms with van der Waals surface area (Å²) in [5.41, 5.74) is 0.652. The van der Waals surface area contributed by atoms with Gasteiger partial charge in [-0.05, 0) is 35.6 Å². The van der Waals surface area contributed by atoms with Crippen LogP contribution >= 0.6 is 39.3 Å². The van der Waals surface area contributed by atoms with Crippen LogP contribution in [0.3, 0.4) is 0 Å². The van der Waals surface area contributed by atoms with E-state index in [2.05, 4.69) is 33.2 Å². The van der Waals surface area contributed by atoms with Crippen molar-refractivity contribution in [3.63, 3.8) is 0 Å². The van der Waals surface area contributed by atoms with Crippen LogP contribution in [0.1, 0.15) is 18.5 Å². The lowest BCUT2D eigenvalue weighted by Crippen LogP contribution is -2.48. The zero-order chi connectivity index (χ0) is 14.7. The Balaban J connectivity index is 2.35. The van der Waals surface area contributed by atoms with E-state index >= 15 is 0 Å². The molecule has 2 rings (SSSR count). The lowest BCUT2D eigenvalue weighted by molar-refractivity contribution is 0.214. The van der Waals surface area contributed by atoms with Gasteiger partial charge >= 0.3 is 0 Å². The highest BCUT2D eigenvalue weighted by molar-refractivity contribution is 9.10. The number of hydrogen-bond donors (Lipinski definition) is 1. The summed E-state index contributed by atoms with van der Waals surface area (Å²) in [6, 6.07) is 3.89.